The van der Waals surface area contributed by atoms with Crippen LogP contribution in [-0.2, 0) is 11.6 Å². The monoisotopic (exact) mass is 283 g/mol. The Bertz CT molecular complexity index is 545. The van der Waals surface area contributed by atoms with E-state index in [0.29, 0.717) is 0 Å². The predicted molar refractivity (Wildman–Crippen MR) is 74.1 cm³/mol. The van der Waals surface area contributed by atoms with Crippen molar-refractivity contribution in [3.05, 3.63) is 29.3 Å². The molecule has 0 N–H and O–H groups in total. The van der Waals surface area contributed by atoms with Gasteiger partial charge in [0.1, 0.15) is 0 Å². The molecule has 1 aliphatic heterocycles. The van der Waals surface area contributed by atoms with Crippen molar-refractivity contribution in [2.24, 2.45) is 0 Å². The van der Waals surface area contributed by atoms with E-state index >= 15 is 0 Å². The molecule has 0 amide bonds. The molecule has 1 aromatic rings. The van der Waals surface area contributed by atoms with E-state index < -0.39 is 11.7 Å². The zero-order chi connectivity index (χ0) is 14.8. The topological polar surface area (TPSA) is 3.24 Å². The summed E-state index contributed by atoms with van der Waals surface area (Å²) in [5.74, 6) is 0. The van der Waals surface area contributed by atoms with Crippen molar-refractivity contribution < 1.29 is 13.2 Å². The van der Waals surface area contributed by atoms with Crippen LogP contribution in [0.3, 0.4) is 0 Å². The van der Waals surface area contributed by atoms with Crippen molar-refractivity contribution in [1.82, 2.24) is 0 Å². The van der Waals surface area contributed by atoms with Gasteiger partial charge in [0.15, 0.2) is 0 Å². The SMILES string of the molecule is CC[C@]1(C)CC2(CC2)c2cc(C(F)(F)F)ccc2N1C. The van der Waals surface area contributed by atoms with Gasteiger partial charge in [-0.2, -0.15) is 13.2 Å². The van der Waals surface area contributed by atoms with Gasteiger partial charge in [-0.05, 0) is 61.8 Å². The molecule has 0 radical (unpaired) electrons. The van der Waals surface area contributed by atoms with Crippen molar-refractivity contribution in [2.75, 3.05) is 11.9 Å². The van der Waals surface area contributed by atoms with Gasteiger partial charge in [-0.25, -0.2) is 0 Å². The number of halogens is 3. The summed E-state index contributed by atoms with van der Waals surface area (Å²) in [6.45, 7) is 4.37. The molecule has 1 nitrogen and oxygen atoms in total. The second-order valence-corrected chi connectivity index (χ2v) is 6.60. The first-order chi connectivity index (χ1) is 9.22. The second kappa shape index (κ2) is 3.92. The van der Waals surface area contributed by atoms with Gasteiger partial charge in [0.2, 0.25) is 0 Å². The summed E-state index contributed by atoms with van der Waals surface area (Å²) in [5.41, 5.74) is 1.40. The Balaban J connectivity index is 2.13. The molecule has 1 heterocycles. The quantitative estimate of drug-likeness (QED) is 0.719. The number of hydrogen-bond donors (Lipinski definition) is 0. The Morgan fingerprint density at radius 2 is 1.90 bits per heavy atom. The first-order valence-corrected chi connectivity index (χ1v) is 7.17. The molecule has 2 aliphatic rings. The normalized spacial score (nSPS) is 27.6. The van der Waals surface area contributed by atoms with Crippen molar-refractivity contribution >= 4 is 5.69 Å². The smallest absolute Gasteiger partial charge is 0.369 e. The summed E-state index contributed by atoms with van der Waals surface area (Å²) in [7, 11) is 2.00. The van der Waals surface area contributed by atoms with Gasteiger partial charge in [0.05, 0.1) is 5.56 Å². The zero-order valence-electron chi connectivity index (χ0n) is 12.1. The average Bonchev–Trinajstić information content (AvgIpc) is 3.15. The minimum atomic E-state index is -4.25. The minimum Gasteiger partial charge on any atom is -0.369 e. The molecule has 4 heteroatoms. The van der Waals surface area contributed by atoms with Gasteiger partial charge >= 0.3 is 6.18 Å². The molecule has 1 aliphatic carbocycles. The number of alkyl halides is 3. The molecule has 3 rings (SSSR count). The van der Waals surface area contributed by atoms with E-state index in [-0.39, 0.29) is 11.0 Å². The fourth-order valence-corrected chi connectivity index (χ4v) is 3.62. The number of nitrogens with zero attached hydrogens (tertiary/aromatic N) is 1. The highest BCUT2D eigenvalue weighted by molar-refractivity contribution is 5.64. The van der Waals surface area contributed by atoms with Crippen LogP contribution in [-0.4, -0.2) is 12.6 Å². The molecule has 1 fully saturated rings. The maximum Gasteiger partial charge on any atom is 0.416 e. The number of benzene rings is 1. The highest BCUT2D eigenvalue weighted by atomic mass is 19.4. The van der Waals surface area contributed by atoms with E-state index in [1.54, 1.807) is 6.07 Å². The lowest BCUT2D eigenvalue weighted by molar-refractivity contribution is -0.137. The van der Waals surface area contributed by atoms with Crippen LogP contribution in [0.25, 0.3) is 0 Å². The van der Waals surface area contributed by atoms with Gasteiger partial charge in [-0.15, -0.1) is 0 Å². The van der Waals surface area contributed by atoms with E-state index in [1.807, 2.05) is 7.05 Å². The first kappa shape index (κ1) is 13.8. The van der Waals surface area contributed by atoms with Crippen LogP contribution in [0, 0.1) is 0 Å². The predicted octanol–water partition coefficient (Wildman–Crippen LogP) is 4.75. The molecule has 1 spiro atoms. The molecule has 110 valence electrons. The summed E-state index contributed by atoms with van der Waals surface area (Å²) in [5, 5.41) is 0. The summed E-state index contributed by atoms with van der Waals surface area (Å²) >= 11 is 0. The highest BCUT2D eigenvalue weighted by Crippen LogP contribution is 2.61. The Labute approximate surface area is 117 Å². The number of anilines is 1. The molecule has 1 saturated carbocycles. The fourth-order valence-electron chi connectivity index (χ4n) is 3.62. The molecular formula is C16H20F3N. The van der Waals surface area contributed by atoms with Crippen LogP contribution in [0.4, 0.5) is 18.9 Å². The number of rotatable bonds is 1. The van der Waals surface area contributed by atoms with Gasteiger partial charge in [0, 0.05) is 18.3 Å². The van der Waals surface area contributed by atoms with Crippen LogP contribution in [0.1, 0.15) is 50.7 Å². The second-order valence-electron chi connectivity index (χ2n) is 6.60. The largest absolute Gasteiger partial charge is 0.416 e. The third-order valence-corrected chi connectivity index (χ3v) is 5.40. The highest BCUT2D eigenvalue weighted by Gasteiger charge is 2.54. The van der Waals surface area contributed by atoms with Crippen molar-refractivity contribution in [3.8, 4) is 0 Å². The van der Waals surface area contributed by atoms with E-state index in [9.17, 15) is 13.2 Å². The van der Waals surface area contributed by atoms with Crippen molar-refractivity contribution in [3.63, 3.8) is 0 Å². The molecule has 0 aromatic heterocycles. The Kier molecular flexibility index (Phi) is 2.70. The van der Waals surface area contributed by atoms with Crippen molar-refractivity contribution in [1.29, 1.82) is 0 Å². The summed E-state index contributed by atoms with van der Waals surface area (Å²) in [6.07, 6.45) is -0.252. The van der Waals surface area contributed by atoms with E-state index in [1.165, 1.54) is 12.1 Å². The molecule has 0 bridgehead atoms. The third kappa shape index (κ3) is 1.84. The number of hydrogen-bond acceptors (Lipinski definition) is 1. The number of fused-ring (bicyclic) bond motifs is 2. The average molecular weight is 283 g/mol. The molecule has 0 unspecified atom stereocenters. The van der Waals surface area contributed by atoms with Gasteiger partial charge in [-0.3, -0.25) is 0 Å². The standard InChI is InChI=1S/C16H20F3N/c1-4-14(2)10-15(7-8-15)12-9-11(16(17,18)19)5-6-13(12)20(14)3/h5-6,9H,4,7-8,10H2,1-3H3/t14-/m1/s1. The van der Waals surface area contributed by atoms with Crippen LogP contribution in [0.5, 0.6) is 0 Å². The van der Waals surface area contributed by atoms with Gasteiger partial charge in [0.25, 0.3) is 0 Å². The van der Waals surface area contributed by atoms with Crippen LogP contribution in [0.2, 0.25) is 0 Å². The van der Waals surface area contributed by atoms with Crippen molar-refractivity contribution in [2.45, 2.75) is 56.7 Å². The van der Waals surface area contributed by atoms with Gasteiger partial charge < -0.3 is 4.90 Å². The fraction of sp³-hybridized carbons (Fsp3) is 0.625. The van der Waals surface area contributed by atoms with Gasteiger partial charge in [-0.1, -0.05) is 6.92 Å². The maximum atomic E-state index is 12.9. The first-order valence-electron chi connectivity index (χ1n) is 7.17. The molecule has 1 atom stereocenters. The Morgan fingerprint density at radius 1 is 1.25 bits per heavy atom. The lowest BCUT2D eigenvalue weighted by Crippen LogP contribution is -2.50. The van der Waals surface area contributed by atoms with Crippen LogP contribution >= 0.6 is 0 Å². The minimum absolute atomic E-state index is 0.00609. The summed E-state index contributed by atoms with van der Waals surface area (Å²) in [4.78, 5) is 2.17. The third-order valence-electron chi connectivity index (χ3n) is 5.40. The Hall–Kier alpha value is -1.19. The zero-order valence-corrected chi connectivity index (χ0v) is 12.1. The Morgan fingerprint density at radius 3 is 2.40 bits per heavy atom. The van der Waals surface area contributed by atoms with E-state index in [4.69, 9.17) is 0 Å². The molecule has 0 saturated heterocycles. The molecule has 20 heavy (non-hydrogen) atoms. The molecular weight excluding hydrogens is 263 g/mol. The van der Waals surface area contributed by atoms with Crippen LogP contribution < -0.4 is 4.90 Å². The van der Waals surface area contributed by atoms with E-state index in [2.05, 4.69) is 18.7 Å². The summed E-state index contributed by atoms with van der Waals surface area (Å²) in [6, 6.07) is 4.26. The maximum absolute atomic E-state index is 12.9. The summed E-state index contributed by atoms with van der Waals surface area (Å²) < 4.78 is 38.8. The lowest BCUT2D eigenvalue weighted by atomic mass is 9.74. The van der Waals surface area contributed by atoms with E-state index in [0.717, 1.165) is 36.9 Å². The lowest BCUT2D eigenvalue weighted by Gasteiger charge is -2.48. The molecule has 1 aromatic carbocycles. The van der Waals surface area contributed by atoms with Crippen LogP contribution in [0.15, 0.2) is 18.2 Å².